The monoisotopic (exact) mass is 500 g/mol. The molecule has 2 heterocycles. The maximum atomic E-state index is 13.6. The molecule has 0 spiro atoms. The van der Waals surface area contributed by atoms with Crippen molar-refractivity contribution in [1.82, 2.24) is 4.57 Å². The summed E-state index contributed by atoms with van der Waals surface area (Å²) in [6, 6.07) is 7.90. The van der Waals surface area contributed by atoms with Crippen molar-refractivity contribution in [2.75, 3.05) is 32.2 Å². The molecule has 1 aromatic carbocycles. The number of ether oxygens (including phenoxy) is 3. The molecular weight excluding hydrogens is 468 g/mol. The Morgan fingerprint density at radius 3 is 2.43 bits per heavy atom. The zero-order chi connectivity index (χ0) is 25.5. The SMILES string of the molecule is CCCCn1c(C(=O)Nc2sc(C(=O)OCCOC)c(C)c2C(=O)OCC)c(C)c2ccccc21. The van der Waals surface area contributed by atoms with Crippen molar-refractivity contribution in [1.29, 1.82) is 0 Å². The molecule has 0 bridgehead atoms. The van der Waals surface area contributed by atoms with Crippen molar-refractivity contribution in [3.8, 4) is 0 Å². The minimum atomic E-state index is -0.601. The van der Waals surface area contributed by atoms with Crippen LogP contribution in [-0.4, -0.2) is 49.3 Å². The van der Waals surface area contributed by atoms with E-state index in [1.165, 1.54) is 7.11 Å². The number of rotatable bonds is 11. The number of hydrogen-bond donors (Lipinski definition) is 1. The fourth-order valence-electron chi connectivity index (χ4n) is 4.01. The molecule has 3 aromatic rings. The molecule has 0 atom stereocenters. The number of amides is 1. The summed E-state index contributed by atoms with van der Waals surface area (Å²) in [5.74, 6) is -1.53. The molecule has 0 aliphatic carbocycles. The van der Waals surface area contributed by atoms with Gasteiger partial charge in [-0.3, -0.25) is 4.79 Å². The zero-order valence-electron chi connectivity index (χ0n) is 20.9. The number of benzene rings is 1. The highest BCUT2D eigenvalue weighted by atomic mass is 32.1. The quantitative estimate of drug-likeness (QED) is 0.282. The molecule has 0 saturated heterocycles. The molecule has 3 rings (SSSR count). The van der Waals surface area contributed by atoms with E-state index >= 15 is 0 Å². The Morgan fingerprint density at radius 2 is 1.74 bits per heavy atom. The van der Waals surface area contributed by atoms with Crippen LogP contribution >= 0.6 is 11.3 Å². The second kappa shape index (κ2) is 12.0. The lowest BCUT2D eigenvalue weighted by Gasteiger charge is -2.12. The Balaban J connectivity index is 2.03. The second-order valence-electron chi connectivity index (χ2n) is 8.06. The number of hydrogen-bond acceptors (Lipinski definition) is 7. The summed E-state index contributed by atoms with van der Waals surface area (Å²) >= 11 is 1.01. The minimum absolute atomic E-state index is 0.0832. The zero-order valence-corrected chi connectivity index (χ0v) is 21.7. The Bertz CT molecular complexity index is 1230. The first-order valence-corrected chi connectivity index (χ1v) is 12.5. The highest BCUT2D eigenvalue weighted by Gasteiger charge is 2.29. The van der Waals surface area contributed by atoms with E-state index in [4.69, 9.17) is 14.2 Å². The number of anilines is 1. The number of thiophene rings is 1. The van der Waals surface area contributed by atoms with Crippen LogP contribution in [0.25, 0.3) is 10.9 Å². The van der Waals surface area contributed by atoms with Crippen molar-refractivity contribution in [3.05, 3.63) is 51.5 Å². The molecule has 0 aliphatic rings. The number of unbranched alkanes of at least 4 members (excludes halogenated alkanes) is 1. The maximum Gasteiger partial charge on any atom is 0.348 e. The van der Waals surface area contributed by atoms with Crippen LogP contribution < -0.4 is 5.32 Å². The minimum Gasteiger partial charge on any atom is -0.462 e. The lowest BCUT2D eigenvalue weighted by atomic mass is 10.1. The second-order valence-corrected chi connectivity index (χ2v) is 9.08. The third-order valence-electron chi connectivity index (χ3n) is 5.73. The fraction of sp³-hybridized carbons (Fsp3) is 0.423. The van der Waals surface area contributed by atoms with Gasteiger partial charge in [0.2, 0.25) is 0 Å². The molecule has 0 saturated carbocycles. The van der Waals surface area contributed by atoms with Crippen molar-refractivity contribution < 1.29 is 28.6 Å². The van der Waals surface area contributed by atoms with Crippen molar-refractivity contribution >= 4 is 45.1 Å². The molecule has 1 N–H and O–H groups in total. The first kappa shape index (κ1) is 26.4. The van der Waals surface area contributed by atoms with Gasteiger partial charge in [-0.2, -0.15) is 0 Å². The van der Waals surface area contributed by atoms with Crippen LogP contribution in [0.3, 0.4) is 0 Å². The molecule has 188 valence electrons. The number of para-hydroxylation sites is 1. The van der Waals surface area contributed by atoms with E-state index in [-0.39, 0.29) is 41.2 Å². The van der Waals surface area contributed by atoms with Gasteiger partial charge in [0, 0.05) is 24.6 Å². The van der Waals surface area contributed by atoms with Crippen molar-refractivity contribution in [3.63, 3.8) is 0 Å². The number of esters is 2. The first-order chi connectivity index (χ1) is 16.8. The summed E-state index contributed by atoms with van der Waals surface area (Å²) in [5, 5.41) is 4.16. The standard InChI is InChI=1S/C26H32N2O6S/c1-6-8-13-28-19-12-10-9-11-18(19)16(3)21(28)23(29)27-24-20(25(30)33-7-2)17(4)22(35-24)26(31)34-15-14-32-5/h9-12H,6-8,13-15H2,1-5H3,(H,27,29). The highest BCUT2D eigenvalue weighted by Crippen LogP contribution is 2.35. The molecule has 0 aliphatic heterocycles. The van der Waals surface area contributed by atoms with Gasteiger partial charge in [0.25, 0.3) is 5.91 Å². The van der Waals surface area contributed by atoms with E-state index in [1.807, 2.05) is 35.8 Å². The smallest absolute Gasteiger partial charge is 0.348 e. The lowest BCUT2D eigenvalue weighted by Crippen LogP contribution is -2.19. The Kier molecular flexibility index (Phi) is 9.06. The van der Waals surface area contributed by atoms with Gasteiger partial charge in [-0.25, -0.2) is 9.59 Å². The van der Waals surface area contributed by atoms with Gasteiger partial charge in [0.15, 0.2) is 0 Å². The Morgan fingerprint density at radius 1 is 1.00 bits per heavy atom. The summed E-state index contributed by atoms with van der Waals surface area (Å²) in [7, 11) is 1.51. The van der Waals surface area contributed by atoms with Gasteiger partial charge in [0.05, 0.1) is 18.8 Å². The number of aromatic nitrogens is 1. The Hall–Kier alpha value is -3.17. The van der Waals surface area contributed by atoms with Gasteiger partial charge in [-0.1, -0.05) is 31.5 Å². The summed E-state index contributed by atoms with van der Waals surface area (Å²) in [4.78, 5) is 39.3. The summed E-state index contributed by atoms with van der Waals surface area (Å²) in [5.41, 5.74) is 2.95. The predicted octanol–water partition coefficient (Wildman–Crippen LogP) is 5.35. The largest absolute Gasteiger partial charge is 0.462 e. The fourth-order valence-corrected chi connectivity index (χ4v) is 5.09. The third kappa shape index (κ3) is 5.57. The molecule has 0 unspecified atom stereocenters. The molecule has 8 nitrogen and oxygen atoms in total. The van der Waals surface area contributed by atoms with E-state index in [0.29, 0.717) is 17.8 Å². The molecule has 1 amide bonds. The van der Waals surface area contributed by atoms with Crippen LogP contribution in [0.15, 0.2) is 24.3 Å². The topological polar surface area (TPSA) is 95.9 Å². The Labute approximate surface area is 209 Å². The highest BCUT2D eigenvalue weighted by molar-refractivity contribution is 7.18. The molecular formula is C26H32N2O6S. The van der Waals surface area contributed by atoms with Gasteiger partial charge in [0.1, 0.15) is 22.2 Å². The summed E-state index contributed by atoms with van der Waals surface area (Å²) in [6.07, 6.45) is 1.90. The van der Waals surface area contributed by atoms with E-state index in [0.717, 1.165) is 40.6 Å². The van der Waals surface area contributed by atoms with Crippen molar-refractivity contribution in [2.45, 2.75) is 47.1 Å². The van der Waals surface area contributed by atoms with E-state index in [1.54, 1.807) is 13.8 Å². The lowest BCUT2D eigenvalue weighted by molar-refractivity contribution is 0.0392. The van der Waals surface area contributed by atoms with Gasteiger partial charge < -0.3 is 24.1 Å². The van der Waals surface area contributed by atoms with Crippen molar-refractivity contribution in [2.24, 2.45) is 0 Å². The van der Waals surface area contributed by atoms with Crippen LogP contribution in [0.5, 0.6) is 0 Å². The third-order valence-corrected chi connectivity index (χ3v) is 6.92. The maximum absolute atomic E-state index is 13.6. The number of nitrogens with one attached hydrogen (secondary N) is 1. The number of aryl methyl sites for hydroxylation is 2. The van der Waals surface area contributed by atoms with Crippen LogP contribution in [0, 0.1) is 13.8 Å². The first-order valence-electron chi connectivity index (χ1n) is 11.7. The number of nitrogens with zero attached hydrogens (tertiary/aromatic N) is 1. The van der Waals surface area contributed by atoms with Crippen LogP contribution in [0.4, 0.5) is 5.00 Å². The number of carbonyl (C=O) groups is 3. The van der Waals surface area contributed by atoms with E-state index < -0.39 is 11.9 Å². The number of carbonyl (C=O) groups excluding carboxylic acids is 3. The molecule has 9 heteroatoms. The number of fused-ring (bicyclic) bond motifs is 1. The van der Waals surface area contributed by atoms with Gasteiger partial charge >= 0.3 is 11.9 Å². The predicted molar refractivity (Wildman–Crippen MR) is 137 cm³/mol. The van der Waals surface area contributed by atoms with Crippen LogP contribution in [0.2, 0.25) is 0 Å². The average molecular weight is 501 g/mol. The molecule has 0 fully saturated rings. The van der Waals surface area contributed by atoms with Gasteiger partial charge in [-0.05, 0) is 44.4 Å². The summed E-state index contributed by atoms with van der Waals surface area (Å²) in [6.45, 7) is 8.57. The normalized spacial score (nSPS) is 11.0. The molecule has 0 radical (unpaired) electrons. The molecule has 2 aromatic heterocycles. The molecule has 35 heavy (non-hydrogen) atoms. The average Bonchev–Trinajstić information content (AvgIpc) is 3.31. The van der Waals surface area contributed by atoms with Gasteiger partial charge in [-0.15, -0.1) is 11.3 Å². The summed E-state index contributed by atoms with van der Waals surface area (Å²) < 4.78 is 17.4. The van der Waals surface area contributed by atoms with Crippen LogP contribution in [-0.2, 0) is 20.8 Å². The van der Waals surface area contributed by atoms with E-state index in [9.17, 15) is 14.4 Å². The number of methoxy groups -OCH3 is 1. The van der Waals surface area contributed by atoms with Crippen LogP contribution in [0.1, 0.15) is 68.3 Å². The van der Waals surface area contributed by atoms with E-state index in [2.05, 4.69) is 12.2 Å².